The SMILES string of the molecule is COc1cccc(NC(=O)CN2C(=O)/C(=C/C(C)=C/c3ccccc3)SC2=S)c1. The van der Waals surface area contributed by atoms with Gasteiger partial charge in [0, 0.05) is 11.8 Å². The van der Waals surface area contributed by atoms with Crippen LogP contribution in [-0.2, 0) is 9.59 Å². The topological polar surface area (TPSA) is 58.6 Å². The molecule has 1 aliphatic rings. The molecular formula is C22H20N2O3S2. The molecule has 29 heavy (non-hydrogen) atoms. The lowest BCUT2D eigenvalue weighted by molar-refractivity contribution is -0.126. The monoisotopic (exact) mass is 424 g/mol. The van der Waals surface area contributed by atoms with Crippen LogP contribution < -0.4 is 10.1 Å². The molecule has 0 atom stereocenters. The van der Waals surface area contributed by atoms with E-state index < -0.39 is 0 Å². The maximum atomic E-state index is 12.7. The molecule has 0 aliphatic carbocycles. The predicted molar refractivity (Wildman–Crippen MR) is 122 cm³/mol. The molecule has 0 spiro atoms. The van der Waals surface area contributed by atoms with Gasteiger partial charge in [0.2, 0.25) is 5.91 Å². The van der Waals surface area contributed by atoms with Crippen LogP contribution in [0.15, 0.2) is 71.2 Å². The number of hydrogen-bond acceptors (Lipinski definition) is 5. The van der Waals surface area contributed by atoms with Crippen molar-refractivity contribution in [3.63, 3.8) is 0 Å². The molecule has 2 aromatic carbocycles. The number of nitrogens with zero attached hydrogens (tertiary/aromatic N) is 1. The van der Waals surface area contributed by atoms with Gasteiger partial charge in [-0.25, -0.2) is 0 Å². The van der Waals surface area contributed by atoms with Crippen molar-refractivity contribution in [3.8, 4) is 5.75 Å². The van der Waals surface area contributed by atoms with Crippen LogP contribution in [0.25, 0.3) is 6.08 Å². The molecule has 148 valence electrons. The van der Waals surface area contributed by atoms with Crippen molar-refractivity contribution in [2.75, 3.05) is 19.0 Å². The quantitative estimate of drug-likeness (QED) is 0.547. The van der Waals surface area contributed by atoms with Crippen molar-refractivity contribution in [1.82, 2.24) is 4.90 Å². The minimum atomic E-state index is -0.327. The van der Waals surface area contributed by atoms with Crippen LogP contribution in [0.1, 0.15) is 12.5 Å². The molecule has 1 saturated heterocycles. The van der Waals surface area contributed by atoms with Crippen molar-refractivity contribution >= 4 is 51.9 Å². The fourth-order valence-electron chi connectivity index (χ4n) is 2.74. The molecule has 5 nitrogen and oxygen atoms in total. The Balaban J connectivity index is 1.67. The molecule has 2 amide bonds. The first kappa shape index (κ1) is 20.8. The van der Waals surface area contributed by atoms with Gasteiger partial charge in [0.15, 0.2) is 0 Å². The number of allylic oxidation sites excluding steroid dienone is 2. The van der Waals surface area contributed by atoms with Gasteiger partial charge < -0.3 is 10.1 Å². The van der Waals surface area contributed by atoms with Crippen LogP contribution in [0, 0.1) is 0 Å². The Labute approximate surface area is 179 Å². The summed E-state index contributed by atoms with van der Waals surface area (Å²) in [6.45, 7) is 1.79. The smallest absolute Gasteiger partial charge is 0.266 e. The Morgan fingerprint density at radius 1 is 1.21 bits per heavy atom. The summed E-state index contributed by atoms with van der Waals surface area (Å²) >= 11 is 6.51. The molecule has 1 heterocycles. The average Bonchev–Trinajstić information content (AvgIpc) is 2.96. The van der Waals surface area contributed by atoms with Gasteiger partial charge in [-0.1, -0.05) is 66.5 Å². The Hall–Kier alpha value is -2.90. The zero-order valence-electron chi connectivity index (χ0n) is 16.0. The number of anilines is 1. The highest BCUT2D eigenvalue weighted by Crippen LogP contribution is 2.32. The van der Waals surface area contributed by atoms with E-state index in [1.807, 2.05) is 43.3 Å². The van der Waals surface area contributed by atoms with Crippen LogP contribution in [0.4, 0.5) is 5.69 Å². The molecule has 0 radical (unpaired) electrons. The van der Waals surface area contributed by atoms with Crippen LogP contribution in [0.3, 0.4) is 0 Å². The maximum absolute atomic E-state index is 12.7. The molecule has 2 aromatic rings. The average molecular weight is 425 g/mol. The van der Waals surface area contributed by atoms with Gasteiger partial charge in [0.05, 0.1) is 12.0 Å². The Morgan fingerprint density at radius 2 is 1.97 bits per heavy atom. The van der Waals surface area contributed by atoms with E-state index in [2.05, 4.69) is 5.32 Å². The van der Waals surface area contributed by atoms with E-state index in [0.717, 1.165) is 11.1 Å². The Morgan fingerprint density at radius 3 is 2.69 bits per heavy atom. The summed E-state index contributed by atoms with van der Waals surface area (Å²) in [7, 11) is 1.56. The summed E-state index contributed by atoms with van der Waals surface area (Å²) in [4.78, 5) is 26.9. The highest BCUT2D eigenvalue weighted by molar-refractivity contribution is 8.26. The highest BCUT2D eigenvalue weighted by Gasteiger charge is 2.33. The maximum Gasteiger partial charge on any atom is 0.266 e. The number of carbonyl (C=O) groups excluding carboxylic acids is 2. The summed E-state index contributed by atoms with van der Waals surface area (Å²) in [5.41, 5.74) is 2.57. The number of methoxy groups -OCH3 is 1. The third-order valence-electron chi connectivity index (χ3n) is 4.08. The van der Waals surface area contributed by atoms with Gasteiger partial charge in [0.25, 0.3) is 5.91 Å². The number of hydrogen-bond donors (Lipinski definition) is 1. The summed E-state index contributed by atoms with van der Waals surface area (Å²) in [6, 6.07) is 16.9. The summed E-state index contributed by atoms with van der Waals surface area (Å²) in [6.07, 6.45) is 3.79. The molecule has 3 rings (SSSR count). The molecule has 0 saturated carbocycles. The summed E-state index contributed by atoms with van der Waals surface area (Å²) < 4.78 is 5.51. The van der Waals surface area contributed by atoms with Crippen molar-refractivity contribution in [2.45, 2.75) is 6.92 Å². The van der Waals surface area contributed by atoms with E-state index in [1.54, 1.807) is 37.5 Å². The lowest BCUT2D eigenvalue weighted by Gasteiger charge is -2.14. The minimum Gasteiger partial charge on any atom is -0.497 e. The third kappa shape index (κ3) is 5.56. The standard InChI is InChI=1S/C22H20N2O3S2/c1-15(11-16-7-4-3-5-8-16)12-19-21(26)24(22(28)29-19)14-20(25)23-17-9-6-10-18(13-17)27-2/h3-13H,14H2,1-2H3,(H,23,25)/b15-11+,19-12-. The van der Waals surface area contributed by atoms with E-state index in [4.69, 9.17) is 17.0 Å². The first-order valence-electron chi connectivity index (χ1n) is 8.89. The first-order valence-corrected chi connectivity index (χ1v) is 10.1. The normalized spacial score (nSPS) is 15.7. The molecule has 0 bridgehead atoms. The molecule has 1 N–H and O–H groups in total. The molecule has 7 heteroatoms. The van der Waals surface area contributed by atoms with Crippen molar-refractivity contribution in [2.24, 2.45) is 0 Å². The second-order valence-corrected chi connectivity index (χ2v) is 8.02. The van der Waals surface area contributed by atoms with Crippen molar-refractivity contribution in [3.05, 3.63) is 76.7 Å². The Bertz CT molecular complexity index is 1000. The van der Waals surface area contributed by atoms with Gasteiger partial charge in [0.1, 0.15) is 16.6 Å². The largest absolute Gasteiger partial charge is 0.497 e. The summed E-state index contributed by atoms with van der Waals surface area (Å²) in [5, 5.41) is 2.76. The predicted octanol–water partition coefficient (Wildman–Crippen LogP) is 4.48. The number of amides is 2. The van der Waals surface area contributed by atoms with Crippen LogP contribution in [0.2, 0.25) is 0 Å². The highest BCUT2D eigenvalue weighted by atomic mass is 32.2. The lowest BCUT2D eigenvalue weighted by atomic mass is 10.1. The van der Waals surface area contributed by atoms with E-state index in [0.29, 0.717) is 20.7 Å². The molecule has 1 aliphatic heterocycles. The molecular weight excluding hydrogens is 404 g/mol. The first-order chi connectivity index (χ1) is 14.0. The number of thiocarbonyl (C=S) groups is 1. The van der Waals surface area contributed by atoms with E-state index in [-0.39, 0.29) is 18.4 Å². The molecule has 0 unspecified atom stereocenters. The van der Waals surface area contributed by atoms with Crippen LogP contribution in [0.5, 0.6) is 5.75 Å². The zero-order valence-corrected chi connectivity index (χ0v) is 17.7. The van der Waals surface area contributed by atoms with E-state index in [9.17, 15) is 9.59 Å². The van der Waals surface area contributed by atoms with Gasteiger partial charge in [-0.3, -0.25) is 14.5 Å². The number of nitrogens with one attached hydrogen (secondary N) is 1. The van der Waals surface area contributed by atoms with Crippen molar-refractivity contribution in [1.29, 1.82) is 0 Å². The fraction of sp³-hybridized carbons (Fsp3) is 0.136. The van der Waals surface area contributed by atoms with Crippen LogP contribution in [-0.4, -0.2) is 34.7 Å². The van der Waals surface area contributed by atoms with Crippen molar-refractivity contribution < 1.29 is 14.3 Å². The molecule has 1 fully saturated rings. The van der Waals surface area contributed by atoms with Gasteiger partial charge in [-0.2, -0.15) is 0 Å². The third-order valence-corrected chi connectivity index (χ3v) is 5.46. The van der Waals surface area contributed by atoms with Gasteiger partial charge >= 0.3 is 0 Å². The fourth-order valence-corrected chi connectivity index (χ4v) is 4.05. The van der Waals surface area contributed by atoms with E-state index >= 15 is 0 Å². The second-order valence-electron chi connectivity index (χ2n) is 6.35. The second kappa shape index (κ2) is 9.54. The number of ether oxygens (including phenoxy) is 1. The number of thioether (sulfide) groups is 1. The number of benzene rings is 2. The van der Waals surface area contributed by atoms with Gasteiger partial charge in [-0.05, 0) is 36.3 Å². The number of rotatable bonds is 6. The minimum absolute atomic E-state index is 0.138. The van der Waals surface area contributed by atoms with Gasteiger partial charge in [-0.15, -0.1) is 0 Å². The van der Waals surface area contributed by atoms with Crippen LogP contribution >= 0.6 is 24.0 Å². The molecule has 0 aromatic heterocycles. The number of carbonyl (C=O) groups is 2. The summed E-state index contributed by atoms with van der Waals surface area (Å²) in [5.74, 6) is 0.0472. The van der Waals surface area contributed by atoms with E-state index in [1.165, 1.54) is 16.7 Å². The zero-order chi connectivity index (χ0) is 20.8. The Kier molecular flexibility index (Phi) is 6.85. The lowest BCUT2D eigenvalue weighted by Crippen LogP contribution is -2.36.